The average Bonchev–Trinajstić information content (AvgIpc) is 2.93. The topological polar surface area (TPSA) is 73.8 Å². The Kier molecular flexibility index (Phi) is 9.20. The van der Waals surface area contributed by atoms with Crippen LogP contribution < -0.4 is 15.4 Å². The molecule has 0 spiro atoms. The molecule has 4 N–H and O–H groups in total. The Morgan fingerprint density at radius 2 is 1.58 bits per heavy atom. The van der Waals surface area contributed by atoms with Gasteiger partial charge in [-0.2, -0.15) is 0 Å². The summed E-state index contributed by atoms with van der Waals surface area (Å²) in [5.41, 5.74) is 9.01. The predicted molar refractivity (Wildman–Crippen MR) is 155 cm³/mol. The fourth-order valence-corrected chi connectivity index (χ4v) is 4.46. The molecule has 196 valence electrons. The third kappa shape index (κ3) is 6.82. The van der Waals surface area contributed by atoms with Gasteiger partial charge < -0.3 is 25.6 Å². The highest BCUT2D eigenvalue weighted by atomic mass is 16.5. The Morgan fingerprint density at radius 3 is 2.26 bits per heavy atom. The van der Waals surface area contributed by atoms with Gasteiger partial charge in [-0.1, -0.05) is 85.4 Å². The van der Waals surface area contributed by atoms with E-state index in [4.69, 9.17) is 4.74 Å². The van der Waals surface area contributed by atoms with E-state index in [0.29, 0.717) is 19.7 Å². The van der Waals surface area contributed by atoms with E-state index in [0.717, 1.165) is 28.1 Å². The Hall–Kier alpha value is -4.06. The van der Waals surface area contributed by atoms with Crippen molar-refractivity contribution >= 4 is 5.69 Å². The molecule has 0 bridgehead atoms. The lowest BCUT2D eigenvalue weighted by Crippen LogP contribution is -2.33. The molecule has 0 fully saturated rings. The first-order valence-corrected chi connectivity index (χ1v) is 12.9. The number of aliphatic hydroxyl groups is 2. The molecule has 0 amide bonds. The Balaban J connectivity index is 1.56. The summed E-state index contributed by atoms with van der Waals surface area (Å²) in [6.45, 7) is 9.07. The molecular formula is C33H36N2O3. The summed E-state index contributed by atoms with van der Waals surface area (Å²) in [5.74, 6) is 0.645. The van der Waals surface area contributed by atoms with Gasteiger partial charge in [0.05, 0.1) is 12.6 Å². The lowest BCUT2D eigenvalue weighted by atomic mass is 9.96. The fraction of sp³-hybridized carbons (Fsp3) is 0.212. The zero-order valence-corrected chi connectivity index (χ0v) is 22.1. The molecule has 1 atom stereocenters. The minimum absolute atomic E-state index is 0.0950. The van der Waals surface area contributed by atoms with E-state index < -0.39 is 6.04 Å². The van der Waals surface area contributed by atoms with Crippen molar-refractivity contribution < 1.29 is 14.9 Å². The van der Waals surface area contributed by atoms with E-state index in [9.17, 15) is 10.2 Å². The molecule has 5 nitrogen and oxygen atoms in total. The van der Waals surface area contributed by atoms with Crippen molar-refractivity contribution in [3.8, 4) is 16.9 Å². The number of rotatable bonds is 12. The zero-order chi connectivity index (χ0) is 26.9. The second kappa shape index (κ2) is 13.0. The zero-order valence-electron chi connectivity index (χ0n) is 22.1. The maximum Gasteiger partial charge on any atom is 0.126 e. The summed E-state index contributed by atoms with van der Waals surface area (Å²) in [7, 11) is 0. The van der Waals surface area contributed by atoms with E-state index in [1.165, 1.54) is 22.3 Å². The lowest BCUT2D eigenvalue weighted by molar-refractivity contribution is 0.220. The quantitative estimate of drug-likeness (QED) is 0.161. The fourth-order valence-electron chi connectivity index (χ4n) is 4.46. The average molecular weight is 509 g/mol. The normalized spacial score (nSPS) is 11.7. The second-order valence-corrected chi connectivity index (χ2v) is 9.47. The van der Waals surface area contributed by atoms with Gasteiger partial charge in [-0.15, -0.1) is 0 Å². The van der Waals surface area contributed by atoms with Crippen LogP contribution in [0.25, 0.3) is 11.1 Å². The van der Waals surface area contributed by atoms with Crippen molar-refractivity contribution in [2.45, 2.75) is 39.6 Å². The van der Waals surface area contributed by atoms with Crippen molar-refractivity contribution in [2.24, 2.45) is 0 Å². The molecule has 38 heavy (non-hydrogen) atoms. The molecule has 0 aliphatic heterocycles. The first kappa shape index (κ1) is 27.0. The van der Waals surface area contributed by atoms with Crippen LogP contribution in [-0.4, -0.2) is 22.9 Å². The molecule has 0 aliphatic carbocycles. The predicted octanol–water partition coefficient (Wildman–Crippen LogP) is 6.68. The third-order valence-corrected chi connectivity index (χ3v) is 6.77. The molecule has 0 aromatic heterocycles. The standard InChI is InChI=1S/C33H36N2O3/c1-23-17-29(20-35-32(21-36)25(3)37)33(38-22-26-11-6-4-7-12-26)18-31(23)34-19-28-15-10-16-30(24(28)2)27-13-8-5-9-14-27/h4-18,32,34-37H,3,19-22H2,1-2H3/t32-/m1/s1. The van der Waals surface area contributed by atoms with Gasteiger partial charge in [0.1, 0.15) is 18.1 Å². The number of aliphatic hydroxyl groups excluding tert-OH is 2. The van der Waals surface area contributed by atoms with E-state index in [1.807, 2.05) is 42.5 Å². The Labute approximate surface area is 225 Å². The Morgan fingerprint density at radius 1 is 0.868 bits per heavy atom. The second-order valence-electron chi connectivity index (χ2n) is 9.47. The molecule has 0 heterocycles. The number of anilines is 1. The van der Waals surface area contributed by atoms with Crippen LogP contribution in [0.2, 0.25) is 0 Å². The van der Waals surface area contributed by atoms with Crippen LogP contribution >= 0.6 is 0 Å². The highest BCUT2D eigenvalue weighted by molar-refractivity contribution is 5.68. The van der Waals surface area contributed by atoms with Crippen LogP contribution in [0.1, 0.15) is 27.8 Å². The van der Waals surface area contributed by atoms with Crippen LogP contribution in [0.5, 0.6) is 5.75 Å². The molecule has 0 saturated carbocycles. The summed E-state index contributed by atoms with van der Waals surface area (Å²) < 4.78 is 6.27. The molecular weight excluding hydrogens is 472 g/mol. The summed E-state index contributed by atoms with van der Waals surface area (Å²) >= 11 is 0. The van der Waals surface area contributed by atoms with Crippen LogP contribution in [0.3, 0.4) is 0 Å². The molecule has 0 unspecified atom stereocenters. The number of aryl methyl sites for hydroxylation is 1. The monoisotopic (exact) mass is 508 g/mol. The van der Waals surface area contributed by atoms with E-state index in [2.05, 4.69) is 79.6 Å². The summed E-state index contributed by atoms with van der Waals surface area (Å²) in [6, 6.07) is 30.4. The van der Waals surface area contributed by atoms with Crippen LogP contribution in [0.15, 0.2) is 103 Å². The van der Waals surface area contributed by atoms with Gasteiger partial charge in [0.15, 0.2) is 0 Å². The van der Waals surface area contributed by atoms with E-state index in [1.54, 1.807) is 0 Å². The highest BCUT2D eigenvalue weighted by Crippen LogP contribution is 2.30. The van der Waals surface area contributed by atoms with E-state index in [-0.39, 0.29) is 12.4 Å². The molecule has 4 aromatic rings. The largest absolute Gasteiger partial charge is 0.511 e. The summed E-state index contributed by atoms with van der Waals surface area (Å²) in [6.07, 6.45) is 0. The maximum absolute atomic E-state index is 9.74. The molecule has 0 radical (unpaired) electrons. The Bertz CT molecular complexity index is 1350. The van der Waals surface area contributed by atoms with Gasteiger partial charge in [-0.3, -0.25) is 0 Å². The molecule has 4 rings (SSSR count). The van der Waals surface area contributed by atoms with Crippen molar-refractivity contribution in [1.82, 2.24) is 5.32 Å². The van der Waals surface area contributed by atoms with Gasteiger partial charge >= 0.3 is 0 Å². The van der Waals surface area contributed by atoms with Crippen LogP contribution in [0, 0.1) is 13.8 Å². The number of nitrogens with one attached hydrogen (secondary N) is 2. The first-order chi connectivity index (χ1) is 18.5. The van der Waals surface area contributed by atoms with Crippen molar-refractivity contribution in [1.29, 1.82) is 0 Å². The third-order valence-electron chi connectivity index (χ3n) is 6.77. The lowest BCUT2D eigenvalue weighted by Gasteiger charge is -2.20. The van der Waals surface area contributed by atoms with Crippen molar-refractivity contribution in [3.05, 3.63) is 131 Å². The number of ether oxygens (including phenoxy) is 1. The number of hydrogen-bond donors (Lipinski definition) is 4. The molecule has 0 saturated heterocycles. The minimum Gasteiger partial charge on any atom is -0.511 e. The van der Waals surface area contributed by atoms with Gasteiger partial charge in [-0.05, 0) is 53.3 Å². The van der Waals surface area contributed by atoms with Gasteiger partial charge in [0, 0.05) is 30.4 Å². The summed E-state index contributed by atoms with van der Waals surface area (Å²) in [5, 5.41) is 26.1. The molecule has 0 aliphatic rings. The van der Waals surface area contributed by atoms with E-state index >= 15 is 0 Å². The summed E-state index contributed by atoms with van der Waals surface area (Å²) in [4.78, 5) is 0. The molecule has 5 heteroatoms. The first-order valence-electron chi connectivity index (χ1n) is 12.9. The van der Waals surface area contributed by atoms with Crippen LogP contribution in [0.4, 0.5) is 5.69 Å². The van der Waals surface area contributed by atoms with Gasteiger partial charge in [0.2, 0.25) is 0 Å². The molecule has 4 aromatic carbocycles. The minimum atomic E-state index is -0.602. The maximum atomic E-state index is 9.74. The highest BCUT2D eigenvalue weighted by Gasteiger charge is 2.14. The van der Waals surface area contributed by atoms with Crippen molar-refractivity contribution in [3.63, 3.8) is 0 Å². The van der Waals surface area contributed by atoms with Crippen LogP contribution in [-0.2, 0) is 19.7 Å². The van der Waals surface area contributed by atoms with Gasteiger partial charge in [0.25, 0.3) is 0 Å². The van der Waals surface area contributed by atoms with Crippen molar-refractivity contribution in [2.75, 3.05) is 11.9 Å². The number of hydrogen-bond acceptors (Lipinski definition) is 5. The van der Waals surface area contributed by atoms with Gasteiger partial charge in [-0.25, -0.2) is 0 Å². The smallest absolute Gasteiger partial charge is 0.126 e. The number of benzene rings is 4. The SMILES string of the molecule is C=C(O)[C@@H](CO)NCc1cc(C)c(NCc2cccc(-c3ccccc3)c2C)cc1OCc1ccccc1.